The molecule has 2 rings (SSSR count). The number of piperidine rings is 2. The molecule has 5 nitrogen and oxygen atoms in total. The predicted molar refractivity (Wildman–Crippen MR) is 68.7 cm³/mol. The zero-order valence-corrected chi connectivity index (χ0v) is 10.9. The molecule has 3 N–H and O–H groups in total. The van der Waals surface area contributed by atoms with Crippen LogP contribution in [0.3, 0.4) is 0 Å². The second-order valence-electron chi connectivity index (χ2n) is 5.47. The van der Waals surface area contributed by atoms with Crippen molar-refractivity contribution >= 4 is 11.8 Å². The Bertz CT molecular complexity index is 305. The molecule has 0 aromatic rings. The lowest BCUT2D eigenvalue weighted by Crippen LogP contribution is -2.43. The molecular formula is C13H23N3O2. The molecule has 0 aromatic heterocycles. The summed E-state index contributed by atoms with van der Waals surface area (Å²) in [5.74, 6) is 0.468. The summed E-state index contributed by atoms with van der Waals surface area (Å²) in [6.45, 7) is 3.41. The Kier molecular flexibility index (Phi) is 4.58. The van der Waals surface area contributed by atoms with E-state index in [2.05, 4.69) is 5.32 Å². The molecule has 2 aliphatic heterocycles. The van der Waals surface area contributed by atoms with Crippen LogP contribution in [-0.4, -0.2) is 42.9 Å². The molecule has 2 heterocycles. The Morgan fingerprint density at radius 1 is 1.22 bits per heavy atom. The molecule has 0 spiro atoms. The van der Waals surface area contributed by atoms with Crippen LogP contribution >= 0.6 is 0 Å². The van der Waals surface area contributed by atoms with Crippen molar-refractivity contribution in [3.63, 3.8) is 0 Å². The third kappa shape index (κ3) is 3.45. The largest absolute Gasteiger partial charge is 0.369 e. The summed E-state index contributed by atoms with van der Waals surface area (Å²) in [6, 6.07) is 0. The number of carbonyl (C=O) groups is 2. The molecule has 5 heteroatoms. The fourth-order valence-corrected chi connectivity index (χ4v) is 2.89. The molecule has 0 aromatic carbocycles. The van der Waals surface area contributed by atoms with Gasteiger partial charge in [0.2, 0.25) is 11.8 Å². The summed E-state index contributed by atoms with van der Waals surface area (Å²) in [7, 11) is 0. The topological polar surface area (TPSA) is 75.4 Å². The van der Waals surface area contributed by atoms with Gasteiger partial charge in [-0.05, 0) is 44.7 Å². The average molecular weight is 253 g/mol. The standard InChI is InChI=1S/C13H23N3O2/c14-13(18)11-3-6-16(7-4-11)12(17)8-10-2-1-5-15-9-10/h10-11,15H,1-9H2,(H2,14,18). The van der Waals surface area contributed by atoms with Crippen LogP contribution in [0.15, 0.2) is 0 Å². The summed E-state index contributed by atoms with van der Waals surface area (Å²) in [5.41, 5.74) is 5.29. The van der Waals surface area contributed by atoms with E-state index in [-0.39, 0.29) is 17.7 Å². The number of rotatable bonds is 3. The molecule has 0 saturated carbocycles. The maximum Gasteiger partial charge on any atom is 0.222 e. The number of primary amides is 1. The highest BCUT2D eigenvalue weighted by Gasteiger charge is 2.27. The van der Waals surface area contributed by atoms with Gasteiger partial charge in [-0.15, -0.1) is 0 Å². The Morgan fingerprint density at radius 3 is 2.50 bits per heavy atom. The van der Waals surface area contributed by atoms with E-state index in [0.717, 1.165) is 32.4 Å². The molecule has 18 heavy (non-hydrogen) atoms. The van der Waals surface area contributed by atoms with Crippen LogP contribution in [0.4, 0.5) is 0 Å². The van der Waals surface area contributed by atoms with Crippen LogP contribution in [0, 0.1) is 11.8 Å². The van der Waals surface area contributed by atoms with Crippen molar-refractivity contribution in [2.24, 2.45) is 17.6 Å². The van der Waals surface area contributed by atoms with Crippen molar-refractivity contribution in [3.8, 4) is 0 Å². The quantitative estimate of drug-likeness (QED) is 0.749. The number of nitrogens with two attached hydrogens (primary N) is 1. The van der Waals surface area contributed by atoms with Gasteiger partial charge in [0.05, 0.1) is 0 Å². The molecular weight excluding hydrogens is 230 g/mol. The Morgan fingerprint density at radius 2 is 1.94 bits per heavy atom. The second-order valence-corrected chi connectivity index (χ2v) is 5.47. The van der Waals surface area contributed by atoms with Crippen LogP contribution in [0.25, 0.3) is 0 Å². The molecule has 0 aliphatic carbocycles. The molecule has 2 amide bonds. The first-order valence-corrected chi connectivity index (χ1v) is 6.94. The van der Waals surface area contributed by atoms with E-state index in [0.29, 0.717) is 25.4 Å². The highest BCUT2D eigenvalue weighted by molar-refractivity contribution is 5.79. The molecule has 2 aliphatic rings. The molecule has 1 atom stereocenters. The van der Waals surface area contributed by atoms with Gasteiger partial charge in [0.15, 0.2) is 0 Å². The van der Waals surface area contributed by atoms with E-state index >= 15 is 0 Å². The molecule has 2 saturated heterocycles. The van der Waals surface area contributed by atoms with Crippen molar-refractivity contribution in [2.45, 2.75) is 32.1 Å². The van der Waals surface area contributed by atoms with Gasteiger partial charge in [-0.25, -0.2) is 0 Å². The monoisotopic (exact) mass is 253 g/mol. The third-order valence-electron chi connectivity index (χ3n) is 4.11. The lowest BCUT2D eigenvalue weighted by Gasteiger charge is -2.32. The molecule has 1 unspecified atom stereocenters. The number of carbonyl (C=O) groups excluding carboxylic acids is 2. The summed E-state index contributed by atoms with van der Waals surface area (Å²) in [6.07, 6.45) is 4.42. The highest BCUT2D eigenvalue weighted by Crippen LogP contribution is 2.20. The van der Waals surface area contributed by atoms with Gasteiger partial charge in [-0.2, -0.15) is 0 Å². The lowest BCUT2D eigenvalue weighted by atomic mass is 9.93. The Hall–Kier alpha value is -1.10. The number of likely N-dealkylation sites (tertiary alicyclic amines) is 1. The van der Waals surface area contributed by atoms with Gasteiger partial charge >= 0.3 is 0 Å². The van der Waals surface area contributed by atoms with Crippen LogP contribution in [0.2, 0.25) is 0 Å². The summed E-state index contributed by atoms with van der Waals surface area (Å²) < 4.78 is 0. The molecule has 2 fully saturated rings. The molecule has 0 bridgehead atoms. The van der Waals surface area contributed by atoms with Crippen molar-refractivity contribution in [3.05, 3.63) is 0 Å². The fraction of sp³-hybridized carbons (Fsp3) is 0.846. The van der Waals surface area contributed by atoms with Gasteiger partial charge in [0.25, 0.3) is 0 Å². The van der Waals surface area contributed by atoms with E-state index in [1.165, 1.54) is 6.42 Å². The first-order valence-electron chi connectivity index (χ1n) is 6.94. The van der Waals surface area contributed by atoms with Crippen LogP contribution in [0.5, 0.6) is 0 Å². The number of hydrogen-bond donors (Lipinski definition) is 2. The van der Waals surface area contributed by atoms with Gasteiger partial charge in [-0.3, -0.25) is 9.59 Å². The van der Waals surface area contributed by atoms with E-state index in [9.17, 15) is 9.59 Å². The minimum atomic E-state index is -0.224. The van der Waals surface area contributed by atoms with E-state index in [1.54, 1.807) is 0 Å². The molecule has 0 radical (unpaired) electrons. The van der Waals surface area contributed by atoms with Crippen LogP contribution in [-0.2, 0) is 9.59 Å². The zero-order chi connectivity index (χ0) is 13.0. The van der Waals surface area contributed by atoms with Crippen LogP contribution in [0.1, 0.15) is 32.1 Å². The van der Waals surface area contributed by atoms with Gasteiger partial charge in [0, 0.05) is 25.4 Å². The van der Waals surface area contributed by atoms with Crippen LogP contribution < -0.4 is 11.1 Å². The maximum absolute atomic E-state index is 12.1. The first-order chi connectivity index (χ1) is 8.66. The van der Waals surface area contributed by atoms with Gasteiger partial charge in [-0.1, -0.05) is 0 Å². The highest BCUT2D eigenvalue weighted by atomic mass is 16.2. The molecule has 102 valence electrons. The third-order valence-corrected chi connectivity index (χ3v) is 4.11. The number of hydrogen-bond acceptors (Lipinski definition) is 3. The smallest absolute Gasteiger partial charge is 0.222 e. The zero-order valence-electron chi connectivity index (χ0n) is 10.9. The van der Waals surface area contributed by atoms with Crippen molar-refractivity contribution in [1.82, 2.24) is 10.2 Å². The summed E-state index contributed by atoms with van der Waals surface area (Å²) in [4.78, 5) is 25.1. The number of amides is 2. The van der Waals surface area contributed by atoms with Crippen molar-refractivity contribution in [1.29, 1.82) is 0 Å². The summed E-state index contributed by atoms with van der Waals surface area (Å²) in [5, 5.41) is 3.33. The average Bonchev–Trinajstić information content (AvgIpc) is 2.40. The lowest BCUT2D eigenvalue weighted by molar-refractivity contribution is -0.135. The Labute approximate surface area is 108 Å². The minimum absolute atomic E-state index is 0.0367. The normalized spacial score (nSPS) is 26.0. The van der Waals surface area contributed by atoms with E-state index in [1.807, 2.05) is 4.90 Å². The van der Waals surface area contributed by atoms with Gasteiger partial charge in [0.1, 0.15) is 0 Å². The number of nitrogens with zero attached hydrogens (tertiary/aromatic N) is 1. The SMILES string of the molecule is NC(=O)C1CCN(C(=O)CC2CCCNC2)CC1. The van der Waals surface area contributed by atoms with Gasteiger partial charge < -0.3 is 16.0 Å². The summed E-state index contributed by atoms with van der Waals surface area (Å²) >= 11 is 0. The fourth-order valence-electron chi connectivity index (χ4n) is 2.89. The van der Waals surface area contributed by atoms with Crippen molar-refractivity contribution in [2.75, 3.05) is 26.2 Å². The minimum Gasteiger partial charge on any atom is -0.369 e. The van der Waals surface area contributed by atoms with Crippen molar-refractivity contribution < 1.29 is 9.59 Å². The van der Waals surface area contributed by atoms with E-state index in [4.69, 9.17) is 5.73 Å². The maximum atomic E-state index is 12.1. The van der Waals surface area contributed by atoms with E-state index < -0.39 is 0 Å². The predicted octanol–water partition coefficient (Wildman–Crippen LogP) is 0.1000. The first kappa shape index (κ1) is 13.3. The Balaban J connectivity index is 1.75. The second kappa shape index (κ2) is 6.18. The number of nitrogens with one attached hydrogen (secondary N) is 1.